The van der Waals surface area contributed by atoms with Gasteiger partial charge in [0.15, 0.2) is 0 Å². The van der Waals surface area contributed by atoms with Gasteiger partial charge in [0.1, 0.15) is 12.3 Å². The van der Waals surface area contributed by atoms with Gasteiger partial charge in [-0.3, -0.25) is 19.3 Å². The van der Waals surface area contributed by atoms with Crippen LogP contribution in [-0.4, -0.2) is 46.6 Å². The van der Waals surface area contributed by atoms with Crippen LogP contribution in [0.2, 0.25) is 0 Å². The van der Waals surface area contributed by atoms with E-state index in [-0.39, 0.29) is 6.54 Å². The highest BCUT2D eigenvalue weighted by Crippen LogP contribution is 2.22. The molecule has 0 bridgehead atoms. The summed E-state index contributed by atoms with van der Waals surface area (Å²) in [4.78, 5) is 50.5. The van der Waals surface area contributed by atoms with E-state index in [1.54, 1.807) is 19.1 Å². The summed E-state index contributed by atoms with van der Waals surface area (Å²) in [5, 5.41) is 2.65. The monoisotopic (exact) mass is 373 g/mol. The lowest BCUT2D eigenvalue weighted by molar-refractivity contribution is -0.144. The fourth-order valence-corrected chi connectivity index (χ4v) is 3.31. The van der Waals surface area contributed by atoms with Gasteiger partial charge in [0.2, 0.25) is 5.91 Å². The van der Waals surface area contributed by atoms with Crippen LogP contribution in [0.3, 0.4) is 0 Å². The number of urea groups is 1. The fourth-order valence-electron chi connectivity index (χ4n) is 3.31. The van der Waals surface area contributed by atoms with Crippen molar-refractivity contribution in [3.63, 3.8) is 0 Å². The molecular weight excluding hydrogens is 350 g/mol. The van der Waals surface area contributed by atoms with Crippen molar-refractivity contribution in [3.8, 4) is 0 Å². The molecule has 2 aliphatic rings. The molecule has 1 aliphatic heterocycles. The van der Waals surface area contributed by atoms with Gasteiger partial charge >= 0.3 is 17.8 Å². The standard InChI is InChI=1S/C19H23N3O5/c1-13(15-8-5-11-27-15)20-16(23)12-22-18(25)17(24)21(19(22)26)10-9-14-6-3-2-4-7-14/h5-6,8,11,13H,2-4,7,9-10,12H2,1H3,(H,20,23). The lowest BCUT2D eigenvalue weighted by Crippen LogP contribution is -2.42. The largest absolute Gasteiger partial charge is 0.467 e. The first-order valence-corrected chi connectivity index (χ1v) is 9.15. The highest BCUT2D eigenvalue weighted by Gasteiger charge is 2.45. The van der Waals surface area contributed by atoms with Gasteiger partial charge in [0, 0.05) is 6.54 Å². The molecule has 1 N–H and O–H groups in total. The number of carbonyl (C=O) groups excluding carboxylic acids is 4. The van der Waals surface area contributed by atoms with Crippen LogP contribution in [0.25, 0.3) is 0 Å². The Hall–Kier alpha value is -2.90. The van der Waals surface area contributed by atoms with Crippen molar-refractivity contribution >= 4 is 23.8 Å². The number of hydrogen-bond donors (Lipinski definition) is 1. The topological polar surface area (TPSA) is 99.9 Å². The van der Waals surface area contributed by atoms with E-state index in [2.05, 4.69) is 11.4 Å². The van der Waals surface area contributed by atoms with Crippen molar-refractivity contribution in [1.29, 1.82) is 0 Å². The Morgan fingerprint density at radius 2 is 2.00 bits per heavy atom. The molecule has 3 rings (SSSR count). The highest BCUT2D eigenvalue weighted by molar-refractivity contribution is 6.45. The average Bonchev–Trinajstić information content (AvgIpc) is 3.26. The van der Waals surface area contributed by atoms with Crippen LogP contribution in [0, 0.1) is 0 Å². The lowest BCUT2D eigenvalue weighted by Gasteiger charge is -2.18. The van der Waals surface area contributed by atoms with Gasteiger partial charge in [-0.2, -0.15) is 0 Å². The summed E-state index contributed by atoms with van der Waals surface area (Å²) < 4.78 is 5.20. The molecule has 27 heavy (non-hydrogen) atoms. The number of rotatable bonds is 7. The van der Waals surface area contributed by atoms with Gasteiger partial charge in [-0.25, -0.2) is 9.69 Å². The minimum Gasteiger partial charge on any atom is -0.467 e. The normalized spacial score (nSPS) is 18.7. The van der Waals surface area contributed by atoms with Crippen molar-refractivity contribution in [2.75, 3.05) is 13.1 Å². The van der Waals surface area contributed by atoms with E-state index in [1.165, 1.54) is 11.8 Å². The Kier molecular flexibility index (Phi) is 5.73. The van der Waals surface area contributed by atoms with Gasteiger partial charge in [-0.05, 0) is 51.2 Å². The molecule has 0 radical (unpaired) electrons. The van der Waals surface area contributed by atoms with Gasteiger partial charge < -0.3 is 9.73 Å². The molecule has 2 heterocycles. The van der Waals surface area contributed by atoms with Crippen LogP contribution in [0.1, 0.15) is 50.8 Å². The van der Waals surface area contributed by atoms with Crippen LogP contribution >= 0.6 is 0 Å². The molecule has 1 aromatic rings. The zero-order valence-electron chi connectivity index (χ0n) is 15.3. The molecule has 1 aromatic heterocycles. The number of furan rings is 1. The quantitative estimate of drug-likeness (QED) is 0.448. The van der Waals surface area contributed by atoms with Gasteiger partial charge in [0.05, 0.1) is 12.3 Å². The Morgan fingerprint density at radius 1 is 1.22 bits per heavy atom. The summed E-state index contributed by atoms with van der Waals surface area (Å²) in [7, 11) is 0. The molecule has 0 saturated carbocycles. The van der Waals surface area contributed by atoms with Crippen LogP contribution in [-0.2, 0) is 14.4 Å². The zero-order valence-corrected chi connectivity index (χ0v) is 15.3. The predicted octanol–water partition coefficient (Wildman–Crippen LogP) is 2.14. The Morgan fingerprint density at radius 3 is 2.67 bits per heavy atom. The number of carbonyl (C=O) groups is 4. The molecule has 1 fully saturated rings. The van der Waals surface area contributed by atoms with Crippen LogP contribution in [0.15, 0.2) is 34.5 Å². The smallest absolute Gasteiger partial charge is 0.334 e. The number of allylic oxidation sites excluding steroid dienone is 1. The average molecular weight is 373 g/mol. The molecule has 1 aliphatic carbocycles. The van der Waals surface area contributed by atoms with E-state index in [1.807, 2.05) is 0 Å². The second-order valence-electron chi connectivity index (χ2n) is 6.79. The zero-order chi connectivity index (χ0) is 19.4. The molecule has 8 nitrogen and oxygen atoms in total. The van der Waals surface area contributed by atoms with Crippen molar-refractivity contribution in [2.24, 2.45) is 0 Å². The predicted molar refractivity (Wildman–Crippen MR) is 95.3 cm³/mol. The third-order valence-electron chi connectivity index (χ3n) is 4.83. The molecule has 0 aromatic carbocycles. The number of nitrogens with zero attached hydrogens (tertiary/aromatic N) is 2. The number of imide groups is 2. The summed E-state index contributed by atoms with van der Waals surface area (Å²) in [6.45, 7) is 1.39. The summed E-state index contributed by atoms with van der Waals surface area (Å²) in [5.41, 5.74) is 1.21. The molecule has 1 unspecified atom stereocenters. The SMILES string of the molecule is CC(NC(=O)CN1C(=O)C(=O)N(CCC2=CCCCC2)C1=O)c1ccco1. The van der Waals surface area contributed by atoms with Gasteiger partial charge in [-0.1, -0.05) is 11.6 Å². The van der Waals surface area contributed by atoms with Crippen molar-refractivity contribution in [3.05, 3.63) is 35.8 Å². The molecule has 1 saturated heterocycles. The van der Waals surface area contributed by atoms with E-state index in [0.717, 1.165) is 30.6 Å². The fraction of sp³-hybridized carbons (Fsp3) is 0.474. The van der Waals surface area contributed by atoms with E-state index in [9.17, 15) is 19.2 Å². The first-order chi connectivity index (χ1) is 13.0. The summed E-state index contributed by atoms with van der Waals surface area (Å²) >= 11 is 0. The maximum absolute atomic E-state index is 12.4. The molecular formula is C19H23N3O5. The number of hydrogen-bond acceptors (Lipinski definition) is 5. The third kappa shape index (κ3) is 4.27. The van der Waals surface area contributed by atoms with Crippen molar-refractivity contribution in [1.82, 2.24) is 15.1 Å². The van der Waals surface area contributed by atoms with E-state index in [0.29, 0.717) is 17.1 Å². The van der Waals surface area contributed by atoms with Crippen molar-refractivity contribution in [2.45, 2.75) is 45.1 Å². The van der Waals surface area contributed by atoms with E-state index in [4.69, 9.17) is 4.42 Å². The second-order valence-corrected chi connectivity index (χ2v) is 6.79. The Bertz CT molecular complexity index is 768. The van der Waals surface area contributed by atoms with E-state index < -0.39 is 36.3 Å². The maximum atomic E-state index is 12.4. The molecule has 8 heteroatoms. The molecule has 1 atom stereocenters. The molecule has 0 spiro atoms. The van der Waals surface area contributed by atoms with E-state index >= 15 is 0 Å². The first kappa shape index (κ1) is 18.9. The summed E-state index contributed by atoms with van der Waals surface area (Å²) in [6.07, 6.45) is 8.43. The molecule has 144 valence electrons. The third-order valence-corrected chi connectivity index (χ3v) is 4.83. The first-order valence-electron chi connectivity index (χ1n) is 9.15. The van der Waals surface area contributed by atoms with Crippen molar-refractivity contribution < 1.29 is 23.6 Å². The van der Waals surface area contributed by atoms with Gasteiger partial charge in [-0.15, -0.1) is 0 Å². The van der Waals surface area contributed by atoms with Gasteiger partial charge in [0.25, 0.3) is 0 Å². The number of nitrogens with one attached hydrogen (secondary N) is 1. The Balaban J connectivity index is 1.56. The maximum Gasteiger partial charge on any atom is 0.334 e. The summed E-state index contributed by atoms with van der Waals surface area (Å²) in [5.74, 6) is -1.81. The van der Waals surface area contributed by atoms with Crippen LogP contribution in [0.4, 0.5) is 4.79 Å². The molecule has 5 amide bonds. The van der Waals surface area contributed by atoms with Crippen LogP contribution < -0.4 is 5.32 Å². The minimum absolute atomic E-state index is 0.163. The second kappa shape index (κ2) is 8.20. The number of amides is 5. The summed E-state index contributed by atoms with van der Waals surface area (Å²) in [6, 6.07) is 2.26. The minimum atomic E-state index is -0.960. The highest BCUT2D eigenvalue weighted by atomic mass is 16.3. The lowest BCUT2D eigenvalue weighted by atomic mass is 9.97. The Labute approximate surface area is 157 Å². The van der Waals surface area contributed by atoms with Crippen LogP contribution in [0.5, 0.6) is 0 Å².